The molecule has 0 spiro atoms. The molecule has 2 heterocycles. The summed E-state index contributed by atoms with van der Waals surface area (Å²) in [5.41, 5.74) is 1.61. The molecule has 1 aliphatic heterocycles. The average molecular weight is 482 g/mol. The summed E-state index contributed by atoms with van der Waals surface area (Å²) >= 11 is 7.78. The van der Waals surface area contributed by atoms with Crippen LogP contribution in [0.5, 0.6) is 0 Å². The minimum absolute atomic E-state index is 0.258. The average Bonchev–Trinajstić information content (AvgIpc) is 2.89. The molecule has 0 atom stereocenters. The first kappa shape index (κ1) is 17.2. The van der Waals surface area contributed by atoms with Crippen molar-refractivity contribution in [2.24, 2.45) is 0 Å². The first-order chi connectivity index (χ1) is 11.0. The summed E-state index contributed by atoms with van der Waals surface area (Å²) in [7, 11) is -3.58. The van der Waals surface area contributed by atoms with Gasteiger partial charge in [-0.05, 0) is 62.2 Å². The van der Waals surface area contributed by atoms with E-state index in [9.17, 15) is 8.42 Å². The van der Waals surface area contributed by atoms with Crippen molar-refractivity contribution >= 4 is 64.6 Å². The molecule has 0 unspecified atom stereocenters. The van der Waals surface area contributed by atoms with Crippen LogP contribution in [-0.2, 0) is 14.8 Å². The molecule has 1 fully saturated rings. The second-order valence-corrected chi connectivity index (χ2v) is 10.1. The molecule has 0 bridgehead atoms. The Balaban J connectivity index is 1.74. The van der Waals surface area contributed by atoms with Crippen molar-refractivity contribution in [2.45, 2.75) is 4.21 Å². The fourth-order valence-corrected chi connectivity index (χ4v) is 6.10. The van der Waals surface area contributed by atoms with Crippen molar-refractivity contribution in [2.75, 3.05) is 35.9 Å². The summed E-state index contributed by atoms with van der Waals surface area (Å²) in [6.07, 6.45) is 0. The molecule has 3 rings (SSSR count). The zero-order valence-corrected chi connectivity index (χ0v) is 16.8. The molecule has 0 amide bonds. The highest BCUT2D eigenvalue weighted by atomic mass is 79.9. The molecular formula is C14H14Br2N2O3S2. The van der Waals surface area contributed by atoms with Crippen molar-refractivity contribution in [1.82, 2.24) is 0 Å². The maximum atomic E-state index is 12.4. The summed E-state index contributed by atoms with van der Waals surface area (Å²) in [5, 5.41) is 0. The van der Waals surface area contributed by atoms with Gasteiger partial charge in [-0.3, -0.25) is 4.72 Å². The molecule has 0 saturated carbocycles. The van der Waals surface area contributed by atoms with Crippen LogP contribution in [0, 0.1) is 0 Å². The number of nitrogens with zero attached hydrogens (tertiary/aromatic N) is 1. The van der Waals surface area contributed by atoms with Crippen LogP contribution in [-0.4, -0.2) is 34.7 Å². The van der Waals surface area contributed by atoms with Gasteiger partial charge in [-0.1, -0.05) is 0 Å². The van der Waals surface area contributed by atoms with Crippen molar-refractivity contribution < 1.29 is 13.2 Å². The lowest BCUT2D eigenvalue weighted by Crippen LogP contribution is -2.36. The molecule has 1 aromatic carbocycles. The molecule has 124 valence electrons. The Morgan fingerprint density at radius 3 is 2.35 bits per heavy atom. The zero-order chi connectivity index (χ0) is 16.4. The molecule has 1 aromatic heterocycles. The van der Waals surface area contributed by atoms with Gasteiger partial charge in [-0.2, -0.15) is 0 Å². The predicted octanol–water partition coefficient (Wildman–Crippen LogP) is 3.91. The van der Waals surface area contributed by atoms with Gasteiger partial charge in [0, 0.05) is 28.9 Å². The van der Waals surface area contributed by atoms with Crippen molar-refractivity contribution in [1.29, 1.82) is 0 Å². The minimum Gasteiger partial charge on any atom is -0.378 e. The Bertz CT molecular complexity index is 765. The zero-order valence-electron chi connectivity index (χ0n) is 12.0. The monoisotopic (exact) mass is 480 g/mol. The number of benzene rings is 1. The van der Waals surface area contributed by atoms with Gasteiger partial charge in [0.25, 0.3) is 10.0 Å². The standard InChI is InChI=1S/C14H14Br2N2O3S2/c15-12-9-13(22-14(12)16)23(19,20)17-10-1-3-11(4-2-10)18-5-7-21-8-6-18/h1-4,9,17H,5-8H2. The highest BCUT2D eigenvalue weighted by molar-refractivity contribution is 9.13. The van der Waals surface area contributed by atoms with Crippen molar-refractivity contribution in [3.8, 4) is 0 Å². The first-order valence-electron chi connectivity index (χ1n) is 6.86. The normalized spacial score (nSPS) is 15.7. The first-order valence-corrected chi connectivity index (χ1v) is 10.7. The Labute approximate surface area is 156 Å². The molecule has 9 heteroatoms. The minimum atomic E-state index is -3.58. The van der Waals surface area contributed by atoms with Gasteiger partial charge >= 0.3 is 0 Å². The SMILES string of the molecule is O=S(=O)(Nc1ccc(N2CCOCC2)cc1)c1cc(Br)c(Br)s1. The number of anilines is 2. The molecule has 1 N–H and O–H groups in total. The number of hydrogen-bond acceptors (Lipinski definition) is 5. The Morgan fingerprint density at radius 1 is 1.13 bits per heavy atom. The Hall–Kier alpha value is -0.610. The summed E-state index contributed by atoms with van der Waals surface area (Å²) in [6, 6.07) is 8.98. The number of nitrogens with one attached hydrogen (secondary N) is 1. The Kier molecular flexibility index (Phi) is 5.32. The van der Waals surface area contributed by atoms with E-state index in [1.165, 1.54) is 0 Å². The van der Waals surface area contributed by atoms with E-state index in [0.717, 1.165) is 51.6 Å². The van der Waals surface area contributed by atoms with Crippen LogP contribution in [0.4, 0.5) is 11.4 Å². The number of rotatable bonds is 4. The van der Waals surface area contributed by atoms with Gasteiger partial charge in [0.1, 0.15) is 4.21 Å². The van der Waals surface area contributed by atoms with Crippen LogP contribution in [0.15, 0.2) is 42.8 Å². The summed E-state index contributed by atoms with van der Waals surface area (Å²) in [6.45, 7) is 3.14. The third-order valence-electron chi connectivity index (χ3n) is 3.38. The van der Waals surface area contributed by atoms with Crippen LogP contribution in [0.3, 0.4) is 0 Å². The van der Waals surface area contributed by atoms with Gasteiger partial charge in [0.2, 0.25) is 0 Å². The third-order valence-corrected chi connectivity index (χ3v) is 8.49. The van der Waals surface area contributed by atoms with Crippen molar-refractivity contribution in [3.05, 3.63) is 38.6 Å². The lowest BCUT2D eigenvalue weighted by atomic mass is 10.2. The van der Waals surface area contributed by atoms with E-state index in [-0.39, 0.29) is 4.21 Å². The van der Waals surface area contributed by atoms with E-state index < -0.39 is 10.0 Å². The van der Waals surface area contributed by atoms with Gasteiger partial charge in [-0.15, -0.1) is 11.3 Å². The Morgan fingerprint density at radius 2 is 1.78 bits per heavy atom. The number of halogens is 2. The summed E-state index contributed by atoms with van der Waals surface area (Å²) in [5.74, 6) is 0. The topological polar surface area (TPSA) is 58.6 Å². The third kappa shape index (κ3) is 4.08. The lowest BCUT2D eigenvalue weighted by molar-refractivity contribution is 0.122. The van der Waals surface area contributed by atoms with Crippen LogP contribution in [0.2, 0.25) is 0 Å². The van der Waals surface area contributed by atoms with Crippen molar-refractivity contribution in [3.63, 3.8) is 0 Å². The van der Waals surface area contributed by atoms with Gasteiger partial charge in [0.05, 0.1) is 17.0 Å². The van der Waals surface area contributed by atoms with E-state index in [4.69, 9.17) is 4.74 Å². The molecular weight excluding hydrogens is 468 g/mol. The van der Waals surface area contributed by atoms with E-state index >= 15 is 0 Å². The number of hydrogen-bond donors (Lipinski definition) is 1. The lowest BCUT2D eigenvalue weighted by Gasteiger charge is -2.28. The van der Waals surface area contributed by atoms with Crippen LogP contribution < -0.4 is 9.62 Å². The largest absolute Gasteiger partial charge is 0.378 e. The maximum Gasteiger partial charge on any atom is 0.271 e. The van der Waals surface area contributed by atoms with E-state index in [0.29, 0.717) is 5.69 Å². The quantitative estimate of drug-likeness (QED) is 0.719. The second-order valence-electron chi connectivity index (χ2n) is 4.94. The van der Waals surface area contributed by atoms with Gasteiger partial charge in [-0.25, -0.2) is 8.42 Å². The van der Waals surface area contributed by atoms with Gasteiger partial charge < -0.3 is 9.64 Å². The molecule has 5 nitrogen and oxygen atoms in total. The summed E-state index contributed by atoms with van der Waals surface area (Å²) < 4.78 is 34.4. The number of thiophene rings is 1. The smallest absolute Gasteiger partial charge is 0.271 e. The second kappa shape index (κ2) is 7.10. The number of sulfonamides is 1. The fraction of sp³-hybridized carbons (Fsp3) is 0.286. The molecule has 1 saturated heterocycles. The van der Waals surface area contributed by atoms with Gasteiger partial charge in [0.15, 0.2) is 0 Å². The number of ether oxygens (including phenoxy) is 1. The van der Waals surface area contributed by atoms with E-state index in [2.05, 4.69) is 41.5 Å². The summed E-state index contributed by atoms with van der Waals surface area (Å²) in [4.78, 5) is 2.22. The van der Waals surface area contributed by atoms with Crippen LogP contribution in [0.25, 0.3) is 0 Å². The molecule has 0 radical (unpaired) electrons. The highest BCUT2D eigenvalue weighted by Crippen LogP contribution is 2.35. The van der Waals surface area contributed by atoms with Crippen LogP contribution in [0.1, 0.15) is 0 Å². The number of morpholine rings is 1. The van der Waals surface area contributed by atoms with E-state index in [1.54, 1.807) is 18.2 Å². The predicted molar refractivity (Wildman–Crippen MR) is 100 cm³/mol. The molecule has 0 aliphatic carbocycles. The fourth-order valence-electron chi connectivity index (χ4n) is 2.23. The van der Waals surface area contributed by atoms with Crippen LogP contribution >= 0.6 is 43.2 Å². The van der Waals surface area contributed by atoms with E-state index in [1.807, 2.05) is 12.1 Å². The molecule has 2 aromatic rings. The maximum absolute atomic E-state index is 12.4. The highest BCUT2D eigenvalue weighted by Gasteiger charge is 2.19. The molecule has 1 aliphatic rings. The molecule has 23 heavy (non-hydrogen) atoms.